The summed E-state index contributed by atoms with van der Waals surface area (Å²) in [6.07, 6.45) is 3.71. The van der Waals surface area contributed by atoms with E-state index in [2.05, 4.69) is 5.32 Å². The minimum atomic E-state index is -0.226. The van der Waals surface area contributed by atoms with E-state index in [0.717, 1.165) is 11.1 Å². The van der Waals surface area contributed by atoms with Crippen LogP contribution in [-0.4, -0.2) is 16.0 Å². The van der Waals surface area contributed by atoms with Crippen LogP contribution in [0.4, 0.5) is 11.4 Å². The minimum absolute atomic E-state index is 0.101. The zero-order valence-electron chi connectivity index (χ0n) is 13.4. The van der Waals surface area contributed by atoms with Gasteiger partial charge in [0.15, 0.2) is 12.4 Å². The van der Waals surface area contributed by atoms with E-state index in [1.165, 1.54) is 12.1 Å². The molecule has 3 rings (SSSR count). The molecule has 3 aromatic rings. The van der Waals surface area contributed by atoms with Gasteiger partial charge in [0, 0.05) is 30.0 Å². The molecule has 0 radical (unpaired) electrons. The van der Waals surface area contributed by atoms with Crippen molar-refractivity contribution in [2.45, 2.75) is 6.54 Å². The molecule has 0 spiro atoms. The highest BCUT2D eigenvalue weighted by atomic mass is 16.6. The summed E-state index contributed by atoms with van der Waals surface area (Å²) < 4.78 is 1.78. The number of benzene rings is 2. The van der Waals surface area contributed by atoms with Gasteiger partial charge in [-0.1, -0.05) is 30.3 Å². The number of rotatable bonds is 5. The van der Waals surface area contributed by atoms with Gasteiger partial charge in [-0.15, -0.1) is 0 Å². The summed E-state index contributed by atoms with van der Waals surface area (Å²) in [5, 5.41) is 11.5. The SMILES string of the molecule is O=C(C[n+]1ccc(-c2ccccc2)cc1)Nc1ccc([N+](=O)O)cc1. The molecule has 124 valence electrons. The summed E-state index contributed by atoms with van der Waals surface area (Å²) in [6, 6.07) is 19.9. The predicted octanol–water partition coefficient (Wildman–Crippen LogP) is 3.08. The monoisotopic (exact) mass is 335 g/mol. The molecule has 0 saturated carbocycles. The topological polar surface area (TPSA) is 73.3 Å². The van der Waals surface area contributed by atoms with Crippen LogP contribution in [-0.2, 0) is 11.3 Å². The summed E-state index contributed by atoms with van der Waals surface area (Å²) in [4.78, 5) is 22.6. The van der Waals surface area contributed by atoms with Gasteiger partial charge in [0.25, 0.3) is 10.8 Å². The fraction of sp³-hybridized carbons (Fsp3) is 0.0526. The maximum absolute atomic E-state index is 12.1. The molecule has 25 heavy (non-hydrogen) atoms. The first-order chi connectivity index (χ1) is 12.1. The van der Waals surface area contributed by atoms with E-state index in [1.54, 1.807) is 16.7 Å². The van der Waals surface area contributed by atoms with Crippen LogP contribution in [0.25, 0.3) is 11.1 Å². The van der Waals surface area contributed by atoms with E-state index < -0.39 is 0 Å². The van der Waals surface area contributed by atoms with Gasteiger partial charge in [-0.05, 0) is 23.3 Å². The molecule has 0 aliphatic rings. The Morgan fingerprint density at radius 3 is 2.12 bits per heavy atom. The zero-order valence-corrected chi connectivity index (χ0v) is 13.4. The number of carbonyl (C=O) groups excluding carboxylic acids is 1. The van der Waals surface area contributed by atoms with Gasteiger partial charge >= 0.3 is 5.69 Å². The summed E-state index contributed by atoms with van der Waals surface area (Å²) in [7, 11) is 0. The Balaban J connectivity index is 1.62. The fourth-order valence-electron chi connectivity index (χ4n) is 2.42. The van der Waals surface area contributed by atoms with E-state index in [-0.39, 0.29) is 23.1 Å². The maximum Gasteiger partial charge on any atom is 0.316 e. The predicted molar refractivity (Wildman–Crippen MR) is 92.2 cm³/mol. The molecule has 2 N–H and O–H groups in total. The second-order valence-electron chi connectivity index (χ2n) is 5.49. The molecular formula is C19H17N3O3+2. The normalized spacial score (nSPS) is 10.2. The van der Waals surface area contributed by atoms with Crippen molar-refractivity contribution in [1.29, 1.82) is 0 Å². The van der Waals surface area contributed by atoms with Crippen molar-refractivity contribution in [3.8, 4) is 11.1 Å². The first kappa shape index (κ1) is 16.3. The number of pyridine rings is 1. The Bertz CT molecular complexity index is 876. The van der Waals surface area contributed by atoms with Crippen LogP contribution in [0.3, 0.4) is 0 Å². The summed E-state index contributed by atoms with van der Waals surface area (Å²) in [5.74, 6) is -0.187. The largest absolute Gasteiger partial charge is 0.321 e. The summed E-state index contributed by atoms with van der Waals surface area (Å²) >= 11 is 0. The van der Waals surface area contributed by atoms with Crippen molar-refractivity contribution < 1.29 is 19.5 Å². The lowest BCUT2D eigenvalue weighted by Crippen LogP contribution is -2.39. The number of nitrogens with one attached hydrogen (secondary N) is 1. The smallest absolute Gasteiger partial charge is 0.316 e. The van der Waals surface area contributed by atoms with Gasteiger partial charge in [-0.25, -0.2) is 5.21 Å². The van der Waals surface area contributed by atoms with E-state index in [4.69, 9.17) is 5.21 Å². The van der Waals surface area contributed by atoms with E-state index in [0.29, 0.717) is 5.69 Å². The van der Waals surface area contributed by atoms with Gasteiger partial charge in [0.2, 0.25) is 6.54 Å². The first-order valence-corrected chi connectivity index (χ1v) is 7.72. The third-order valence-corrected chi connectivity index (χ3v) is 3.70. The minimum Gasteiger partial charge on any atom is -0.321 e. The maximum atomic E-state index is 12.1. The molecule has 1 amide bonds. The van der Waals surface area contributed by atoms with Crippen molar-refractivity contribution in [3.05, 3.63) is 84.0 Å². The lowest BCUT2D eigenvalue weighted by Gasteiger charge is -2.03. The molecule has 0 bridgehead atoms. The quantitative estimate of drug-likeness (QED) is 0.556. The zero-order chi connectivity index (χ0) is 17.6. The van der Waals surface area contributed by atoms with Gasteiger partial charge < -0.3 is 5.32 Å². The van der Waals surface area contributed by atoms with Gasteiger partial charge in [0.05, 0.1) is 4.91 Å². The molecule has 0 atom stereocenters. The highest BCUT2D eigenvalue weighted by Crippen LogP contribution is 2.17. The molecule has 0 unspecified atom stereocenters. The van der Waals surface area contributed by atoms with Crippen molar-refractivity contribution in [3.63, 3.8) is 0 Å². The number of aromatic nitrogens is 1. The Morgan fingerprint density at radius 2 is 1.52 bits per heavy atom. The third kappa shape index (κ3) is 4.26. The molecule has 1 heterocycles. The van der Waals surface area contributed by atoms with Crippen LogP contribution in [0.1, 0.15) is 0 Å². The van der Waals surface area contributed by atoms with Crippen molar-refractivity contribution in [2.75, 3.05) is 5.32 Å². The Kier molecular flexibility index (Phi) is 4.80. The number of carbonyl (C=O) groups is 1. The number of nitrogens with zero attached hydrogens (tertiary/aromatic N) is 2. The molecular weight excluding hydrogens is 318 g/mol. The van der Waals surface area contributed by atoms with Crippen LogP contribution in [0, 0.1) is 4.91 Å². The van der Waals surface area contributed by atoms with E-state index in [9.17, 15) is 9.70 Å². The number of hydrogen-bond donors (Lipinski definition) is 2. The van der Waals surface area contributed by atoms with Crippen molar-refractivity contribution >= 4 is 17.3 Å². The highest BCUT2D eigenvalue weighted by Gasteiger charge is 2.13. The third-order valence-electron chi connectivity index (χ3n) is 3.70. The van der Waals surface area contributed by atoms with Gasteiger partial charge in [-0.2, -0.15) is 4.57 Å². The Labute approximate surface area is 144 Å². The number of anilines is 1. The Hall–Kier alpha value is -3.54. The molecule has 1 aromatic heterocycles. The standard InChI is InChI=1S/C19H16N3O3/c23-19(20-17-6-8-18(9-7-17)22(24)25)14-21-12-10-16(11-13-21)15-4-2-1-3-5-15/h1-13H,14H2,(H-,20,23,24,25)/q+1/p+1. The second-order valence-corrected chi connectivity index (χ2v) is 5.49. The lowest BCUT2D eigenvalue weighted by molar-refractivity contribution is -0.729. The molecule has 0 fully saturated rings. The van der Waals surface area contributed by atoms with Gasteiger partial charge in [0.1, 0.15) is 0 Å². The summed E-state index contributed by atoms with van der Waals surface area (Å²) in [5.41, 5.74) is 2.86. The average Bonchev–Trinajstić information content (AvgIpc) is 2.63. The van der Waals surface area contributed by atoms with E-state index >= 15 is 0 Å². The highest BCUT2D eigenvalue weighted by molar-refractivity contribution is 5.89. The first-order valence-electron chi connectivity index (χ1n) is 7.72. The molecule has 6 heteroatoms. The van der Waals surface area contributed by atoms with Crippen LogP contribution in [0.5, 0.6) is 0 Å². The second kappa shape index (κ2) is 7.35. The lowest BCUT2D eigenvalue weighted by atomic mass is 10.1. The molecule has 2 aromatic carbocycles. The van der Waals surface area contributed by atoms with Crippen molar-refractivity contribution in [1.82, 2.24) is 0 Å². The number of amides is 1. The van der Waals surface area contributed by atoms with Crippen LogP contribution in [0.2, 0.25) is 0 Å². The fourth-order valence-corrected chi connectivity index (χ4v) is 2.42. The molecule has 0 aliphatic carbocycles. The molecule has 0 aliphatic heterocycles. The Morgan fingerprint density at radius 1 is 0.920 bits per heavy atom. The van der Waals surface area contributed by atoms with E-state index in [1.807, 2.05) is 54.9 Å². The van der Waals surface area contributed by atoms with Crippen LogP contribution < -0.4 is 9.88 Å². The average molecular weight is 335 g/mol. The van der Waals surface area contributed by atoms with Crippen molar-refractivity contribution in [2.24, 2.45) is 0 Å². The molecule has 0 saturated heterocycles. The molecule has 6 nitrogen and oxygen atoms in total. The van der Waals surface area contributed by atoms with Crippen LogP contribution >= 0.6 is 0 Å². The summed E-state index contributed by atoms with van der Waals surface area (Å²) in [6.45, 7) is 0.171. The van der Waals surface area contributed by atoms with Gasteiger partial charge in [-0.3, -0.25) is 4.79 Å². The number of hydrogen-bond acceptors (Lipinski definition) is 2. The van der Waals surface area contributed by atoms with Crippen LogP contribution in [0.15, 0.2) is 79.1 Å².